The van der Waals surface area contributed by atoms with E-state index in [-0.39, 0.29) is 23.5 Å². The number of aliphatic hydroxyl groups excluding tert-OH is 1. The molecule has 0 radical (unpaired) electrons. The second kappa shape index (κ2) is 17.9. The molecule has 2 aliphatic heterocycles. The summed E-state index contributed by atoms with van der Waals surface area (Å²) in [6, 6.07) is 11.1. The Morgan fingerprint density at radius 1 is 1.12 bits per heavy atom. The summed E-state index contributed by atoms with van der Waals surface area (Å²) in [7, 11) is -3.99. The summed E-state index contributed by atoms with van der Waals surface area (Å²) in [5, 5.41) is 10.9. The summed E-state index contributed by atoms with van der Waals surface area (Å²) in [5.41, 5.74) is 3.24. The highest BCUT2D eigenvalue weighted by atomic mass is 35.5. The van der Waals surface area contributed by atoms with Gasteiger partial charge in [-0.1, -0.05) is 49.2 Å². The molecule has 2 N–H and O–H groups in total. The van der Waals surface area contributed by atoms with Gasteiger partial charge in [0, 0.05) is 30.3 Å². The third-order valence-corrected chi connectivity index (χ3v) is 12.3. The first-order valence-corrected chi connectivity index (χ1v) is 20.0. The number of aryl methyl sites for hydroxylation is 1. The number of unbranched alkanes of at least 4 members (excludes halogenated alkanes) is 1. The Hall–Kier alpha value is -2.85. The summed E-state index contributed by atoms with van der Waals surface area (Å²) in [6.07, 6.45) is 14.8. The number of allylic oxidation sites excluding steroid dienone is 2. The predicted molar refractivity (Wildman–Crippen MR) is 197 cm³/mol. The molecule has 5 rings (SSSR count). The third kappa shape index (κ3) is 10.1. The molecule has 2 aromatic rings. The van der Waals surface area contributed by atoms with Gasteiger partial charge in [0.25, 0.3) is 5.91 Å². The molecule has 3 aliphatic rings. The lowest BCUT2D eigenvalue weighted by molar-refractivity contribution is 0.0461. The fourth-order valence-electron chi connectivity index (χ4n) is 7.28. The van der Waals surface area contributed by atoms with Crippen LogP contribution in [-0.4, -0.2) is 56.6 Å². The normalized spacial score (nSPS) is 22.6. The number of halogens is 1. The van der Waals surface area contributed by atoms with Crippen molar-refractivity contribution in [2.75, 3.05) is 24.6 Å². The molecular formula is C39H53ClN2O6S. The first kappa shape index (κ1) is 37.4. The molecule has 0 bridgehead atoms. The van der Waals surface area contributed by atoms with Crippen molar-refractivity contribution < 1.29 is 27.8 Å². The topological polar surface area (TPSA) is 105 Å². The van der Waals surface area contributed by atoms with E-state index in [2.05, 4.69) is 29.2 Å². The van der Waals surface area contributed by atoms with Crippen LogP contribution >= 0.6 is 11.6 Å². The summed E-state index contributed by atoms with van der Waals surface area (Å²) in [6.45, 7) is 8.29. The number of ether oxygens (including phenoxy) is 2. The van der Waals surface area contributed by atoms with Crippen molar-refractivity contribution in [2.24, 2.45) is 11.8 Å². The lowest BCUT2D eigenvalue weighted by Gasteiger charge is -2.42. The maximum Gasteiger partial charge on any atom is 0.264 e. The Kier molecular flexibility index (Phi) is 13.7. The number of nitrogens with one attached hydrogen (secondary N) is 1. The number of carbonyl (C=O) groups is 1. The average Bonchev–Trinajstić information content (AvgIpc) is 3.57. The number of benzene rings is 2. The zero-order valence-electron chi connectivity index (χ0n) is 28.8. The summed E-state index contributed by atoms with van der Waals surface area (Å²) >= 11 is 6.35. The number of hydrogen-bond donors (Lipinski definition) is 2. The van der Waals surface area contributed by atoms with Crippen LogP contribution in [0.4, 0.5) is 5.69 Å². The van der Waals surface area contributed by atoms with Crippen molar-refractivity contribution in [1.82, 2.24) is 4.72 Å². The molecule has 1 saturated heterocycles. The van der Waals surface area contributed by atoms with Crippen molar-refractivity contribution in [2.45, 2.75) is 108 Å². The molecule has 5 atom stereocenters. The minimum absolute atomic E-state index is 0.127. The van der Waals surface area contributed by atoms with Crippen LogP contribution in [0.3, 0.4) is 0 Å². The lowest BCUT2D eigenvalue weighted by Crippen LogP contribution is -2.43. The minimum Gasteiger partial charge on any atom is -0.487 e. The van der Waals surface area contributed by atoms with Crippen LogP contribution in [-0.2, 0) is 27.8 Å². The lowest BCUT2D eigenvalue weighted by atomic mass is 9.70. The Balaban J connectivity index is 1.41. The van der Waals surface area contributed by atoms with Crippen molar-refractivity contribution in [3.05, 3.63) is 82.9 Å². The summed E-state index contributed by atoms with van der Waals surface area (Å²) in [5.74, 6) is 0.404. The molecule has 2 aromatic carbocycles. The maximum absolute atomic E-state index is 13.7. The van der Waals surface area contributed by atoms with Crippen LogP contribution in [0.1, 0.15) is 99.0 Å². The monoisotopic (exact) mass is 712 g/mol. The number of aliphatic hydroxyl groups is 1. The zero-order valence-corrected chi connectivity index (χ0v) is 30.4. The van der Waals surface area contributed by atoms with E-state index < -0.39 is 27.3 Å². The van der Waals surface area contributed by atoms with Gasteiger partial charge in [-0.3, -0.25) is 4.79 Å². The Labute approximate surface area is 298 Å². The first-order valence-electron chi connectivity index (χ1n) is 18.1. The van der Waals surface area contributed by atoms with Gasteiger partial charge in [-0.15, -0.1) is 6.58 Å². The van der Waals surface area contributed by atoms with Gasteiger partial charge >= 0.3 is 0 Å². The third-order valence-electron chi connectivity index (χ3n) is 10.3. The Morgan fingerprint density at radius 3 is 2.71 bits per heavy atom. The molecule has 8 nitrogen and oxygen atoms in total. The fourth-order valence-corrected chi connectivity index (χ4v) is 8.93. The largest absolute Gasteiger partial charge is 0.487 e. The van der Waals surface area contributed by atoms with Gasteiger partial charge in [0.15, 0.2) is 0 Å². The number of anilines is 1. The number of amides is 1. The molecule has 10 heteroatoms. The number of hydrogen-bond acceptors (Lipinski definition) is 7. The highest BCUT2D eigenvalue weighted by molar-refractivity contribution is 7.90. The van der Waals surface area contributed by atoms with Crippen LogP contribution < -0.4 is 14.4 Å². The van der Waals surface area contributed by atoms with Gasteiger partial charge in [0.1, 0.15) is 12.4 Å². The molecule has 49 heavy (non-hydrogen) atoms. The van der Waals surface area contributed by atoms with Gasteiger partial charge in [0.2, 0.25) is 10.0 Å². The van der Waals surface area contributed by atoms with Gasteiger partial charge in [-0.05, 0) is 124 Å². The molecule has 0 unspecified atom stereocenters. The van der Waals surface area contributed by atoms with E-state index in [0.29, 0.717) is 49.8 Å². The van der Waals surface area contributed by atoms with Crippen molar-refractivity contribution >= 4 is 33.2 Å². The smallest absolute Gasteiger partial charge is 0.264 e. The van der Waals surface area contributed by atoms with E-state index in [4.69, 9.17) is 21.1 Å². The fraction of sp³-hybridized carbons (Fsp3) is 0.564. The highest BCUT2D eigenvalue weighted by Gasteiger charge is 2.37. The van der Waals surface area contributed by atoms with Gasteiger partial charge < -0.3 is 19.5 Å². The van der Waals surface area contributed by atoms with Gasteiger partial charge in [0.05, 0.1) is 23.1 Å². The maximum atomic E-state index is 13.7. The summed E-state index contributed by atoms with van der Waals surface area (Å²) in [4.78, 5) is 16.0. The molecule has 2 heterocycles. The highest BCUT2D eigenvalue weighted by Crippen LogP contribution is 2.41. The van der Waals surface area contributed by atoms with Crippen LogP contribution in [0, 0.1) is 11.8 Å². The van der Waals surface area contributed by atoms with Crippen LogP contribution in [0.15, 0.2) is 61.2 Å². The van der Waals surface area contributed by atoms with Gasteiger partial charge in [-0.25, -0.2) is 13.1 Å². The van der Waals surface area contributed by atoms with E-state index in [1.54, 1.807) is 24.3 Å². The van der Waals surface area contributed by atoms with E-state index in [9.17, 15) is 18.3 Å². The zero-order chi connectivity index (χ0) is 34.8. The number of sulfonamides is 1. The Bertz CT molecular complexity index is 1560. The Morgan fingerprint density at radius 2 is 1.98 bits per heavy atom. The van der Waals surface area contributed by atoms with Crippen molar-refractivity contribution in [3.8, 4) is 5.75 Å². The number of carbonyl (C=O) groups excluding carboxylic acids is 1. The number of rotatable bonds is 14. The predicted octanol–water partition coefficient (Wildman–Crippen LogP) is 7.77. The number of nitrogens with zero attached hydrogens (tertiary/aromatic N) is 1. The van der Waals surface area contributed by atoms with Crippen LogP contribution in [0.5, 0.6) is 5.75 Å². The molecule has 0 aromatic heterocycles. The molecule has 1 aliphatic carbocycles. The summed E-state index contributed by atoms with van der Waals surface area (Å²) < 4.78 is 41.8. The van der Waals surface area contributed by atoms with E-state index in [1.807, 2.05) is 24.3 Å². The van der Waals surface area contributed by atoms with E-state index in [0.717, 1.165) is 75.6 Å². The van der Waals surface area contributed by atoms with Gasteiger partial charge in [-0.2, -0.15) is 0 Å². The van der Waals surface area contributed by atoms with Crippen molar-refractivity contribution in [1.29, 1.82) is 0 Å². The first-order chi connectivity index (χ1) is 23.7. The molecule has 0 spiro atoms. The number of fused-ring (bicyclic) bond motifs is 2. The van der Waals surface area contributed by atoms with Crippen molar-refractivity contribution in [3.63, 3.8) is 0 Å². The van der Waals surface area contributed by atoms with Crippen LogP contribution in [0.2, 0.25) is 5.02 Å². The quantitative estimate of drug-likeness (QED) is 0.193. The molecule has 1 saturated carbocycles. The molecule has 2 fully saturated rings. The second-order valence-corrected chi connectivity index (χ2v) is 16.2. The molecule has 1 amide bonds. The minimum atomic E-state index is -3.99. The van der Waals surface area contributed by atoms with E-state index in [1.165, 1.54) is 5.56 Å². The molecule has 268 valence electrons. The second-order valence-electron chi connectivity index (χ2n) is 13.8. The molecular weight excluding hydrogens is 660 g/mol. The average molecular weight is 713 g/mol. The SMILES string of the molecule is C=CCC[C@@H](C[C@H]1CCCO1)S(=O)(=O)NC(=O)c1ccc2c(c1)N(C[C@@H]1CC[C@H]1[C@@H](O)/C=C/CCC)CCCCc1cc(Cl)ccc1CO2. The van der Waals surface area contributed by atoms with E-state index >= 15 is 0 Å². The standard InChI is InChI=1S/C39H53ClN2O6S/c1-3-5-7-14-37(43)35-19-16-30(35)26-42-21-9-8-11-28-23-32(40)18-15-31(28)27-48-38-20-17-29(24-36(38)42)39(44)41-49(45,46)34(13-6-4-2)25-33-12-10-22-47-33/h4,7,14-15,17-18,20,23-24,30,33-35,37,43H,2-3,5-6,8-13,16,19,21-22,25-27H2,1H3,(H,41,44)/b14-7+/t30-,33+,34-,35+,37-/m0/s1. The van der Waals surface area contributed by atoms with Crippen LogP contribution in [0.25, 0.3) is 0 Å².